The molecule has 0 aliphatic rings. The molecule has 0 aliphatic heterocycles. The Bertz CT molecular complexity index is 2660. The predicted molar refractivity (Wildman–Crippen MR) is 237 cm³/mol. The number of ether oxygens (including phenoxy) is 6. The summed E-state index contributed by atoms with van der Waals surface area (Å²) in [5.74, 6) is -0.361. The highest BCUT2D eigenvalue weighted by Gasteiger charge is 2.45. The van der Waals surface area contributed by atoms with Gasteiger partial charge in [0.2, 0.25) is 0 Å². The number of aryl methyl sites for hydroxylation is 2. The van der Waals surface area contributed by atoms with E-state index in [0.717, 1.165) is 32.7 Å². The lowest BCUT2D eigenvalue weighted by molar-refractivity contribution is -0.266. The molecule has 60 heavy (non-hydrogen) atoms. The molecule has 0 amide bonds. The molecule has 0 N–H and O–H groups in total. The molecule has 0 saturated carbocycles. The number of fused-ring (bicyclic) bond motifs is 2. The Labute approximate surface area is 349 Å². The van der Waals surface area contributed by atoms with Gasteiger partial charge in [-0.2, -0.15) is 0 Å². The quantitative estimate of drug-likeness (QED) is 0.102. The Morgan fingerprint density at radius 1 is 0.250 bits per heavy atom. The van der Waals surface area contributed by atoms with Gasteiger partial charge in [-0.25, -0.2) is 0 Å². The lowest BCUT2D eigenvalue weighted by Gasteiger charge is -2.36. The van der Waals surface area contributed by atoms with Crippen molar-refractivity contribution in [2.24, 2.45) is 0 Å². The normalized spacial score (nSPS) is 13.1. The largest absolute Gasteiger partial charge is 0.447 e. The highest BCUT2D eigenvalue weighted by Crippen LogP contribution is 2.40. The molecule has 0 heterocycles. The van der Waals surface area contributed by atoms with Crippen LogP contribution in [0.5, 0.6) is 34.5 Å². The van der Waals surface area contributed by atoms with Gasteiger partial charge in [0.15, 0.2) is 0 Å². The first-order valence-corrected chi connectivity index (χ1v) is 19.9. The van der Waals surface area contributed by atoms with E-state index < -0.39 is 11.9 Å². The van der Waals surface area contributed by atoms with Crippen LogP contribution >= 0.6 is 0 Å². The van der Waals surface area contributed by atoms with Crippen LogP contribution in [0.3, 0.4) is 0 Å². The van der Waals surface area contributed by atoms with Crippen LogP contribution in [0.15, 0.2) is 218 Å². The van der Waals surface area contributed by atoms with E-state index in [1.54, 1.807) is 0 Å². The summed E-state index contributed by atoms with van der Waals surface area (Å²) in [5.41, 5.74) is 3.15. The van der Waals surface area contributed by atoms with E-state index in [1.165, 1.54) is 0 Å². The number of para-hydroxylation sites is 2. The van der Waals surface area contributed by atoms with Gasteiger partial charge in [0, 0.05) is 0 Å². The van der Waals surface area contributed by atoms with E-state index in [9.17, 15) is 0 Å². The Morgan fingerprint density at radius 3 is 0.950 bits per heavy atom. The number of hydrogen-bond acceptors (Lipinski definition) is 6. The van der Waals surface area contributed by atoms with Gasteiger partial charge in [-0.05, 0) is 144 Å². The maximum atomic E-state index is 6.97. The lowest BCUT2D eigenvalue weighted by atomic mass is 10.1. The summed E-state index contributed by atoms with van der Waals surface area (Å²) in [7, 11) is 0. The first kappa shape index (κ1) is 37.9. The summed E-state index contributed by atoms with van der Waals surface area (Å²) in [5, 5.41) is 4.18. The van der Waals surface area contributed by atoms with Crippen LogP contribution in [0.4, 0.5) is 0 Å². The van der Waals surface area contributed by atoms with Crippen LogP contribution in [0, 0.1) is 13.8 Å². The summed E-state index contributed by atoms with van der Waals surface area (Å²) in [6.45, 7) is 4.03. The van der Waals surface area contributed by atoms with Crippen molar-refractivity contribution < 1.29 is 28.4 Å². The Hall–Kier alpha value is -7.70. The third-order valence-corrected chi connectivity index (χ3v) is 10.0. The average Bonchev–Trinajstić information content (AvgIpc) is 3.27. The molecule has 0 spiro atoms. The molecule has 6 nitrogen and oxygen atoms in total. The van der Waals surface area contributed by atoms with Gasteiger partial charge in [-0.3, -0.25) is 0 Å². The number of hydrogen-bond donors (Lipinski definition) is 0. The molecular formula is C54H42O6. The molecule has 2 atom stereocenters. The van der Waals surface area contributed by atoms with Crippen LogP contribution in [-0.2, 0) is 11.9 Å². The molecule has 294 valence electrons. The Morgan fingerprint density at radius 2 is 0.567 bits per heavy atom. The molecule has 0 aromatic heterocycles. The van der Waals surface area contributed by atoms with Crippen LogP contribution in [-0.4, -0.2) is 0 Å². The van der Waals surface area contributed by atoms with Gasteiger partial charge < -0.3 is 28.4 Å². The van der Waals surface area contributed by atoms with Crippen LogP contribution in [0.25, 0.3) is 21.5 Å². The fraction of sp³-hybridized carbons (Fsp3) is 0.0741. The molecule has 0 saturated heterocycles. The molecule has 0 radical (unpaired) electrons. The highest BCUT2D eigenvalue weighted by molar-refractivity contribution is 5.84. The van der Waals surface area contributed by atoms with Crippen molar-refractivity contribution in [2.75, 3.05) is 0 Å². The van der Waals surface area contributed by atoms with Crippen molar-refractivity contribution in [3.63, 3.8) is 0 Å². The Balaban J connectivity index is 1.21. The topological polar surface area (TPSA) is 55.4 Å². The fourth-order valence-corrected chi connectivity index (χ4v) is 7.08. The molecule has 0 fully saturated rings. The molecule has 0 bridgehead atoms. The van der Waals surface area contributed by atoms with Crippen molar-refractivity contribution in [2.45, 2.75) is 25.8 Å². The van der Waals surface area contributed by atoms with Crippen molar-refractivity contribution in [3.05, 3.63) is 241 Å². The van der Waals surface area contributed by atoms with Crippen molar-refractivity contribution >= 4 is 21.5 Å². The van der Waals surface area contributed by atoms with Gasteiger partial charge in [0.05, 0.1) is 11.1 Å². The summed E-state index contributed by atoms with van der Waals surface area (Å²) in [6.07, 6.45) is 0. The Kier molecular flexibility index (Phi) is 10.5. The predicted octanol–water partition coefficient (Wildman–Crippen LogP) is 13.3. The second-order valence-electron chi connectivity index (χ2n) is 14.6. The fourth-order valence-electron chi connectivity index (χ4n) is 7.08. The van der Waals surface area contributed by atoms with Gasteiger partial charge in [0.25, 0.3) is 0 Å². The SMILES string of the molecule is Cc1cccc(OC(Oc2ccccc2)(Oc2ccc3ccccc3c2)c2ccc(C(Oc3ccccc3)(Oc3cccc(C)c3)Oc3ccc4ccccc4c3)cc2)c1. The second-order valence-corrected chi connectivity index (χ2v) is 14.6. The second kappa shape index (κ2) is 16.6. The maximum absolute atomic E-state index is 6.97. The van der Waals surface area contributed by atoms with Crippen LogP contribution < -0.4 is 28.4 Å². The minimum atomic E-state index is -1.82. The minimum absolute atomic E-state index is 0.541. The zero-order valence-corrected chi connectivity index (χ0v) is 33.2. The highest BCUT2D eigenvalue weighted by atomic mass is 16.9. The van der Waals surface area contributed by atoms with Crippen molar-refractivity contribution in [3.8, 4) is 34.5 Å². The lowest BCUT2D eigenvalue weighted by Crippen LogP contribution is -2.47. The molecular weight excluding hydrogens is 745 g/mol. The van der Waals surface area contributed by atoms with Gasteiger partial charge in [-0.1, -0.05) is 121 Å². The zero-order valence-electron chi connectivity index (χ0n) is 33.2. The smallest absolute Gasteiger partial charge is 0.417 e. The van der Waals surface area contributed by atoms with Crippen LogP contribution in [0.2, 0.25) is 0 Å². The van der Waals surface area contributed by atoms with Gasteiger partial charge in [0.1, 0.15) is 34.5 Å². The third-order valence-electron chi connectivity index (χ3n) is 10.0. The van der Waals surface area contributed by atoms with Gasteiger partial charge in [-0.15, -0.1) is 0 Å². The molecule has 9 rings (SSSR count). The first-order chi connectivity index (χ1) is 29.4. The summed E-state index contributed by atoms with van der Waals surface area (Å²) in [6, 6.07) is 70.3. The summed E-state index contributed by atoms with van der Waals surface area (Å²) < 4.78 is 41.5. The first-order valence-electron chi connectivity index (χ1n) is 19.9. The summed E-state index contributed by atoms with van der Waals surface area (Å²) in [4.78, 5) is 0. The third kappa shape index (κ3) is 8.45. The van der Waals surface area contributed by atoms with E-state index >= 15 is 0 Å². The van der Waals surface area contributed by atoms with Crippen molar-refractivity contribution in [1.82, 2.24) is 0 Å². The molecule has 9 aromatic carbocycles. The van der Waals surface area contributed by atoms with E-state index in [1.807, 2.05) is 220 Å². The number of benzene rings is 9. The zero-order chi connectivity index (χ0) is 40.8. The molecule has 9 aromatic rings. The minimum Gasteiger partial charge on any atom is -0.417 e. The maximum Gasteiger partial charge on any atom is 0.447 e. The molecule has 6 heteroatoms. The molecule has 0 aliphatic carbocycles. The monoisotopic (exact) mass is 786 g/mol. The van der Waals surface area contributed by atoms with Crippen molar-refractivity contribution in [1.29, 1.82) is 0 Å². The van der Waals surface area contributed by atoms with E-state index in [4.69, 9.17) is 28.4 Å². The van der Waals surface area contributed by atoms with E-state index in [0.29, 0.717) is 45.6 Å². The standard InChI is InChI=1S/C54H42O6/c1-39-15-13-25-49(35-39)57-53(55-47-21-5-3-6-22-47,59-51-33-27-41-17-9-11-19-43(41)37-51)45-29-31-46(32-30-45)54(56-48-23-7-4-8-24-48,58-50-26-14-16-40(2)36-50)60-52-34-28-42-18-10-12-20-44(42)38-52/h3-38H,1-2H3. The van der Waals surface area contributed by atoms with E-state index in [-0.39, 0.29) is 0 Å². The number of rotatable bonds is 14. The molecule has 2 unspecified atom stereocenters. The van der Waals surface area contributed by atoms with Gasteiger partial charge >= 0.3 is 11.9 Å². The van der Waals surface area contributed by atoms with Crippen LogP contribution in [0.1, 0.15) is 22.3 Å². The average molecular weight is 787 g/mol. The van der Waals surface area contributed by atoms with E-state index in [2.05, 4.69) is 12.1 Å². The summed E-state index contributed by atoms with van der Waals surface area (Å²) >= 11 is 0.